The molecule has 3 N–H and O–H groups in total. The van der Waals surface area contributed by atoms with E-state index in [1.165, 1.54) is 0 Å². The van der Waals surface area contributed by atoms with Crippen molar-refractivity contribution in [2.24, 2.45) is 12.8 Å². The number of primary amides is 1. The monoisotopic (exact) mass is 233 g/mol. The van der Waals surface area contributed by atoms with Gasteiger partial charge in [0.2, 0.25) is 0 Å². The van der Waals surface area contributed by atoms with E-state index in [1.54, 1.807) is 17.2 Å². The third kappa shape index (κ3) is 1.93. The van der Waals surface area contributed by atoms with Crippen LogP contribution in [0, 0.1) is 0 Å². The number of hydrogen-bond donors (Lipinski definition) is 2. The van der Waals surface area contributed by atoms with Crippen LogP contribution < -0.4 is 5.73 Å². The normalized spacial score (nSPS) is 10.7. The SMILES string of the molecule is CCCc1c(C(N)=O)c(-c2cnc[nH]2)nn1C. The topological polar surface area (TPSA) is 89.6 Å². The Kier molecular flexibility index (Phi) is 2.95. The molecule has 0 aliphatic rings. The van der Waals surface area contributed by atoms with Gasteiger partial charge in [-0.15, -0.1) is 0 Å². The van der Waals surface area contributed by atoms with E-state index in [0.717, 1.165) is 18.5 Å². The zero-order valence-corrected chi connectivity index (χ0v) is 9.90. The molecule has 0 aromatic carbocycles. The molecular formula is C11H15N5O. The summed E-state index contributed by atoms with van der Waals surface area (Å²) in [7, 11) is 1.82. The smallest absolute Gasteiger partial charge is 0.252 e. The molecule has 1 amide bonds. The number of carbonyl (C=O) groups excluding carboxylic acids is 1. The number of aromatic amines is 1. The van der Waals surface area contributed by atoms with Crippen molar-refractivity contribution in [1.82, 2.24) is 19.7 Å². The molecule has 2 aromatic heterocycles. The van der Waals surface area contributed by atoms with Crippen molar-refractivity contribution >= 4 is 5.91 Å². The van der Waals surface area contributed by atoms with Crippen LogP contribution in [0.1, 0.15) is 29.4 Å². The molecule has 0 spiro atoms. The van der Waals surface area contributed by atoms with E-state index in [4.69, 9.17) is 5.73 Å². The minimum absolute atomic E-state index is 0.453. The number of nitrogens with two attached hydrogens (primary N) is 1. The molecule has 0 fully saturated rings. The molecule has 0 saturated heterocycles. The standard InChI is InChI=1S/C11H15N5O/c1-3-4-8-9(11(12)17)10(15-16(8)2)7-5-13-6-14-7/h5-6H,3-4H2,1-2H3,(H2,12,17)(H,13,14). The first-order valence-corrected chi connectivity index (χ1v) is 5.49. The first-order chi connectivity index (χ1) is 8.15. The van der Waals surface area contributed by atoms with Crippen LogP contribution in [-0.2, 0) is 13.5 Å². The molecule has 0 atom stereocenters. The zero-order valence-electron chi connectivity index (χ0n) is 9.90. The lowest BCUT2D eigenvalue weighted by atomic mass is 10.1. The summed E-state index contributed by atoms with van der Waals surface area (Å²) in [6.45, 7) is 2.05. The quantitative estimate of drug-likeness (QED) is 0.820. The van der Waals surface area contributed by atoms with Gasteiger partial charge in [-0.25, -0.2) is 4.98 Å². The van der Waals surface area contributed by atoms with Crippen LogP contribution in [0.15, 0.2) is 12.5 Å². The first-order valence-electron chi connectivity index (χ1n) is 5.49. The lowest BCUT2D eigenvalue weighted by molar-refractivity contribution is 0.1000. The van der Waals surface area contributed by atoms with Crippen molar-refractivity contribution in [3.63, 3.8) is 0 Å². The number of rotatable bonds is 4. The second kappa shape index (κ2) is 4.40. The van der Waals surface area contributed by atoms with E-state index >= 15 is 0 Å². The van der Waals surface area contributed by atoms with Gasteiger partial charge in [-0.05, 0) is 6.42 Å². The summed E-state index contributed by atoms with van der Waals surface area (Å²) in [6, 6.07) is 0. The van der Waals surface area contributed by atoms with E-state index in [1.807, 2.05) is 14.0 Å². The minimum Gasteiger partial charge on any atom is -0.365 e. The van der Waals surface area contributed by atoms with Crippen LogP contribution in [0.5, 0.6) is 0 Å². The Morgan fingerprint density at radius 3 is 2.88 bits per heavy atom. The second-order valence-corrected chi connectivity index (χ2v) is 3.87. The highest BCUT2D eigenvalue weighted by Crippen LogP contribution is 2.23. The molecule has 6 nitrogen and oxygen atoms in total. The molecule has 0 bridgehead atoms. The number of aryl methyl sites for hydroxylation is 1. The Morgan fingerprint density at radius 2 is 2.35 bits per heavy atom. The maximum absolute atomic E-state index is 11.6. The van der Waals surface area contributed by atoms with E-state index in [2.05, 4.69) is 15.1 Å². The number of hydrogen-bond acceptors (Lipinski definition) is 3. The van der Waals surface area contributed by atoms with Gasteiger partial charge in [0.05, 0.1) is 29.5 Å². The summed E-state index contributed by atoms with van der Waals surface area (Å²) in [6.07, 6.45) is 4.89. The molecule has 0 aliphatic heterocycles. The van der Waals surface area contributed by atoms with Gasteiger partial charge in [-0.2, -0.15) is 5.10 Å². The fraction of sp³-hybridized carbons (Fsp3) is 0.364. The van der Waals surface area contributed by atoms with Gasteiger partial charge in [-0.1, -0.05) is 13.3 Å². The third-order valence-electron chi connectivity index (χ3n) is 2.65. The Balaban J connectivity index is 2.60. The first kappa shape index (κ1) is 11.4. The predicted octanol–water partition coefficient (Wildman–Crippen LogP) is 0.862. The van der Waals surface area contributed by atoms with E-state index in [9.17, 15) is 4.79 Å². The fourth-order valence-electron chi connectivity index (χ4n) is 1.92. The number of nitrogens with zero attached hydrogens (tertiary/aromatic N) is 3. The lowest BCUT2D eigenvalue weighted by Gasteiger charge is -2.01. The van der Waals surface area contributed by atoms with Gasteiger partial charge in [0.15, 0.2) is 0 Å². The highest BCUT2D eigenvalue weighted by Gasteiger charge is 2.21. The van der Waals surface area contributed by atoms with Gasteiger partial charge < -0.3 is 10.7 Å². The molecule has 17 heavy (non-hydrogen) atoms. The summed E-state index contributed by atoms with van der Waals surface area (Å²) in [5.41, 5.74) is 8.06. The van der Waals surface area contributed by atoms with E-state index in [0.29, 0.717) is 17.0 Å². The average Bonchev–Trinajstić information content (AvgIpc) is 2.87. The van der Waals surface area contributed by atoms with Crippen LogP contribution in [-0.4, -0.2) is 25.7 Å². The van der Waals surface area contributed by atoms with E-state index < -0.39 is 5.91 Å². The summed E-state index contributed by atoms with van der Waals surface area (Å²) < 4.78 is 1.71. The summed E-state index contributed by atoms with van der Waals surface area (Å²) in [4.78, 5) is 18.4. The Morgan fingerprint density at radius 1 is 1.59 bits per heavy atom. The summed E-state index contributed by atoms with van der Waals surface area (Å²) >= 11 is 0. The largest absolute Gasteiger partial charge is 0.365 e. The van der Waals surface area contributed by atoms with Crippen LogP contribution in [0.3, 0.4) is 0 Å². The molecule has 0 saturated carbocycles. The highest BCUT2D eigenvalue weighted by molar-refractivity contribution is 5.99. The molecule has 2 aromatic rings. The molecule has 0 radical (unpaired) electrons. The van der Waals surface area contributed by atoms with Crippen molar-refractivity contribution in [3.8, 4) is 11.4 Å². The van der Waals surface area contributed by atoms with Gasteiger partial charge in [0.1, 0.15) is 5.69 Å². The molecule has 2 heterocycles. The fourth-order valence-corrected chi connectivity index (χ4v) is 1.92. The van der Waals surface area contributed by atoms with E-state index in [-0.39, 0.29) is 0 Å². The zero-order chi connectivity index (χ0) is 12.4. The number of carbonyl (C=O) groups is 1. The molecular weight excluding hydrogens is 218 g/mol. The number of imidazole rings is 1. The second-order valence-electron chi connectivity index (χ2n) is 3.87. The molecule has 0 unspecified atom stereocenters. The van der Waals surface area contributed by atoms with Gasteiger partial charge in [-0.3, -0.25) is 9.48 Å². The minimum atomic E-state index is -0.453. The number of H-pyrrole nitrogens is 1. The van der Waals surface area contributed by atoms with Gasteiger partial charge in [0.25, 0.3) is 5.91 Å². The molecule has 2 rings (SSSR count). The lowest BCUT2D eigenvalue weighted by Crippen LogP contribution is -2.14. The Hall–Kier alpha value is -2.11. The number of nitrogens with one attached hydrogen (secondary N) is 1. The highest BCUT2D eigenvalue weighted by atomic mass is 16.1. The summed E-state index contributed by atoms with van der Waals surface area (Å²) in [5.74, 6) is -0.453. The number of aromatic nitrogens is 4. The van der Waals surface area contributed by atoms with Crippen molar-refractivity contribution in [2.75, 3.05) is 0 Å². The number of amides is 1. The Bertz CT molecular complexity index is 526. The van der Waals surface area contributed by atoms with Crippen molar-refractivity contribution in [1.29, 1.82) is 0 Å². The van der Waals surface area contributed by atoms with Gasteiger partial charge in [0, 0.05) is 7.05 Å². The van der Waals surface area contributed by atoms with Gasteiger partial charge >= 0.3 is 0 Å². The van der Waals surface area contributed by atoms with Crippen LogP contribution in [0.2, 0.25) is 0 Å². The van der Waals surface area contributed by atoms with Crippen LogP contribution in [0.25, 0.3) is 11.4 Å². The van der Waals surface area contributed by atoms with Crippen molar-refractivity contribution in [3.05, 3.63) is 23.8 Å². The molecule has 90 valence electrons. The Labute approximate surface area is 98.9 Å². The maximum Gasteiger partial charge on any atom is 0.252 e. The van der Waals surface area contributed by atoms with Crippen LogP contribution in [0.4, 0.5) is 0 Å². The molecule has 0 aliphatic carbocycles. The third-order valence-corrected chi connectivity index (χ3v) is 2.65. The van der Waals surface area contributed by atoms with Crippen molar-refractivity contribution in [2.45, 2.75) is 19.8 Å². The molecule has 6 heteroatoms. The average molecular weight is 233 g/mol. The van der Waals surface area contributed by atoms with Crippen molar-refractivity contribution < 1.29 is 4.79 Å². The maximum atomic E-state index is 11.6. The summed E-state index contributed by atoms with van der Waals surface area (Å²) in [5, 5.41) is 4.34. The van der Waals surface area contributed by atoms with Crippen LogP contribution >= 0.6 is 0 Å². The predicted molar refractivity (Wildman–Crippen MR) is 63.3 cm³/mol.